The number of ether oxygens (including phenoxy) is 2. The predicted octanol–water partition coefficient (Wildman–Crippen LogP) is 4.91. The van der Waals surface area contributed by atoms with Gasteiger partial charge in [0.25, 0.3) is 0 Å². The Kier molecular flexibility index (Phi) is 6.55. The van der Waals surface area contributed by atoms with Crippen LogP contribution in [0, 0.1) is 5.82 Å². The maximum atomic E-state index is 12.9. The van der Waals surface area contributed by atoms with Gasteiger partial charge in [-0.2, -0.15) is 0 Å². The van der Waals surface area contributed by atoms with Crippen LogP contribution in [0.2, 0.25) is 0 Å². The lowest BCUT2D eigenvalue weighted by Crippen LogP contribution is -2.00. The topological polar surface area (TPSA) is 35.5 Å². The van der Waals surface area contributed by atoms with Gasteiger partial charge in [0.05, 0.1) is 13.2 Å². The van der Waals surface area contributed by atoms with Gasteiger partial charge in [-0.1, -0.05) is 19.1 Å². The van der Waals surface area contributed by atoms with Gasteiger partial charge in [-0.15, -0.1) is 0 Å². The van der Waals surface area contributed by atoms with Crippen molar-refractivity contribution in [2.45, 2.75) is 20.3 Å². The average Bonchev–Trinajstić information content (AvgIpc) is 2.59. The summed E-state index contributed by atoms with van der Waals surface area (Å²) in [5, 5.41) is 0. The highest BCUT2D eigenvalue weighted by molar-refractivity contribution is 6.06. The Bertz CT molecular complexity index is 705. The normalized spacial score (nSPS) is 10.8. The van der Waals surface area contributed by atoms with Crippen molar-refractivity contribution in [2.75, 3.05) is 13.2 Å². The monoisotopic (exact) mass is 328 g/mol. The van der Waals surface area contributed by atoms with E-state index in [0.29, 0.717) is 30.3 Å². The van der Waals surface area contributed by atoms with E-state index in [1.165, 1.54) is 30.3 Å². The summed E-state index contributed by atoms with van der Waals surface area (Å²) in [5.74, 6) is 0.807. The Morgan fingerprint density at radius 1 is 1.04 bits per heavy atom. The minimum atomic E-state index is -0.362. The molecular weight excluding hydrogens is 307 g/mol. The Morgan fingerprint density at radius 3 is 2.46 bits per heavy atom. The van der Waals surface area contributed by atoms with Crippen LogP contribution in [0.5, 0.6) is 11.5 Å². The fourth-order valence-electron chi connectivity index (χ4n) is 2.11. The van der Waals surface area contributed by atoms with Crippen LogP contribution < -0.4 is 9.47 Å². The number of benzene rings is 2. The third-order valence-corrected chi connectivity index (χ3v) is 3.29. The number of halogens is 1. The molecule has 0 saturated carbocycles. The summed E-state index contributed by atoms with van der Waals surface area (Å²) in [5.41, 5.74) is 1.28. The summed E-state index contributed by atoms with van der Waals surface area (Å²) >= 11 is 0. The van der Waals surface area contributed by atoms with Gasteiger partial charge in [-0.25, -0.2) is 4.39 Å². The first-order chi connectivity index (χ1) is 11.6. The van der Waals surface area contributed by atoms with E-state index in [2.05, 4.69) is 0 Å². The molecule has 0 aliphatic heterocycles. The molecule has 0 radical (unpaired) electrons. The van der Waals surface area contributed by atoms with Gasteiger partial charge in [0.15, 0.2) is 17.3 Å². The molecule has 3 nitrogen and oxygen atoms in total. The molecule has 0 amide bonds. The van der Waals surface area contributed by atoms with E-state index in [9.17, 15) is 9.18 Å². The van der Waals surface area contributed by atoms with Crippen molar-refractivity contribution in [3.8, 4) is 11.5 Å². The van der Waals surface area contributed by atoms with Gasteiger partial charge in [0.1, 0.15) is 5.82 Å². The quantitative estimate of drug-likeness (QED) is 0.510. The molecule has 0 spiro atoms. The van der Waals surface area contributed by atoms with E-state index in [-0.39, 0.29) is 11.6 Å². The molecule has 0 heterocycles. The van der Waals surface area contributed by atoms with Crippen molar-refractivity contribution in [1.29, 1.82) is 0 Å². The van der Waals surface area contributed by atoms with Crippen molar-refractivity contribution in [2.24, 2.45) is 0 Å². The van der Waals surface area contributed by atoms with Crippen molar-refractivity contribution in [1.82, 2.24) is 0 Å². The molecule has 0 aromatic heterocycles. The first-order valence-corrected chi connectivity index (χ1v) is 8.01. The molecule has 0 unspecified atom stereocenters. The highest BCUT2D eigenvalue weighted by Crippen LogP contribution is 2.29. The molecule has 0 aliphatic rings. The van der Waals surface area contributed by atoms with E-state index in [1.54, 1.807) is 6.08 Å². The zero-order valence-electron chi connectivity index (χ0n) is 13.9. The molecule has 0 saturated heterocycles. The second-order valence-electron chi connectivity index (χ2n) is 5.19. The number of ketones is 1. The summed E-state index contributed by atoms with van der Waals surface area (Å²) in [4.78, 5) is 12.1. The molecule has 126 valence electrons. The van der Waals surface area contributed by atoms with Crippen LogP contribution in [0.3, 0.4) is 0 Å². The van der Waals surface area contributed by atoms with E-state index < -0.39 is 0 Å². The average molecular weight is 328 g/mol. The molecule has 0 fully saturated rings. The smallest absolute Gasteiger partial charge is 0.185 e. The molecule has 0 atom stereocenters. The van der Waals surface area contributed by atoms with Crippen LogP contribution in [0.25, 0.3) is 6.08 Å². The van der Waals surface area contributed by atoms with Crippen molar-refractivity contribution >= 4 is 11.9 Å². The molecule has 4 heteroatoms. The predicted molar refractivity (Wildman–Crippen MR) is 93.2 cm³/mol. The number of carbonyl (C=O) groups excluding carboxylic acids is 1. The van der Waals surface area contributed by atoms with Crippen molar-refractivity contribution < 1.29 is 18.7 Å². The van der Waals surface area contributed by atoms with Crippen LogP contribution in [0.4, 0.5) is 4.39 Å². The third kappa shape index (κ3) is 4.95. The molecular formula is C20H21FO3. The van der Waals surface area contributed by atoms with Crippen LogP contribution >= 0.6 is 0 Å². The second kappa shape index (κ2) is 8.87. The van der Waals surface area contributed by atoms with E-state index in [4.69, 9.17) is 9.47 Å². The van der Waals surface area contributed by atoms with Crippen LogP contribution in [0.15, 0.2) is 48.5 Å². The Hall–Kier alpha value is -2.62. The standard InChI is InChI=1S/C20H21FO3/c1-3-13-24-19-12-6-15(14-20(19)23-4-2)5-11-18(22)16-7-9-17(21)10-8-16/h5-12,14H,3-4,13H2,1-2H3/b11-5+. The zero-order chi connectivity index (χ0) is 17.4. The van der Waals surface area contributed by atoms with Gasteiger partial charge >= 0.3 is 0 Å². The highest BCUT2D eigenvalue weighted by Gasteiger charge is 2.06. The van der Waals surface area contributed by atoms with E-state index in [1.807, 2.05) is 32.0 Å². The Labute approximate surface area is 141 Å². The Balaban J connectivity index is 2.14. The minimum Gasteiger partial charge on any atom is -0.490 e. The second-order valence-corrected chi connectivity index (χ2v) is 5.19. The number of hydrogen-bond acceptors (Lipinski definition) is 3. The van der Waals surface area contributed by atoms with Crippen LogP contribution in [-0.2, 0) is 0 Å². The maximum absolute atomic E-state index is 12.9. The molecule has 0 N–H and O–H groups in total. The van der Waals surface area contributed by atoms with Gasteiger partial charge < -0.3 is 9.47 Å². The first-order valence-electron chi connectivity index (χ1n) is 8.01. The summed E-state index contributed by atoms with van der Waals surface area (Å²) in [6.45, 7) is 5.10. The summed E-state index contributed by atoms with van der Waals surface area (Å²) in [7, 11) is 0. The number of allylic oxidation sites excluding steroid dienone is 1. The van der Waals surface area contributed by atoms with Gasteiger partial charge in [0.2, 0.25) is 0 Å². The number of hydrogen-bond donors (Lipinski definition) is 0. The van der Waals surface area contributed by atoms with Gasteiger partial charge in [0, 0.05) is 5.56 Å². The summed E-state index contributed by atoms with van der Waals surface area (Å²) in [6, 6.07) is 11.0. The number of rotatable bonds is 8. The molecule has 24 heavy (non-hydrogen) atoms. The Morgan fingerprint density at radius 2 is 1.79 bits per heavy atom. The molecule has 0 bridgehead atoms. The molecule has 2 aromatic rings. The van der Waals surface area contributed by atoms with E-state index >= 15 is 0 Å². The maximum Gasteiger partial charge on any atom is 0.185 e. The van der Waals surface area contributed by atoms with Crippen molar-refractivity contribution in [3.05, 3.63) is 65.5 Å². The first kappa shape index (κ1) is 17.7. The van der Waals surface area contributed by atoms with Crippen molar-refractivity contribution in [3.63, 3.8) is 0 Å². The van der Waals surface area contributed by atoms with E-state index in [0.717, 1.165) is 12.0 Å². The zero-order valence-corrected chi connectivity index (χ0v) is 13.9. The third-order valence-electron chi connectivity index (χ3n) is 3.29. The van der Waals surface area contributed by atoms with Crippen LogP contribution in [-0.4, -0.2) is 19.0 Å². The number of carbonyl (C=O) groups is 1. The highest BCUT2D eigenvalue weighted by atomic mass is 19.1. The fraction of sp³-hybridized carbons (Fsp3) is 0.250. The lowest BCUT2D eigenvalue weighted by Gasteiger charge is -2.12. The summed E-state index contributed by atoms with van der Waals surface area (Å²) in [6.07, 6.45) is 4.09. The lowest BCUT2D eigenvalue weighted by atomic mass is 10.1. The SMILES string of the molecule is CCCOc1ccc(/C=C/C(=O)c2ccc(F)cc2)cc1OCC. The van der Waals surface area contributed by atoms with Gasteiger partial charge in [-0.3, -0.25) is 4.79 Å². The molecule has 2 rings (SSSR count). The van der Waals surface area contributed by atoms with Crippen LogP contribution in [0.1, 0.15) is 36.2 Å². The lowest BCUT2D eigenvalue weighted by molar-refractivity contribution is 0.104. The summed E-state index contributed by atoms with van der Waals surface area (Å²) < 4.78 is 24.1. The largest absolute Gasteiger partial charge is 0.490 e. The molecule has 2 aromatic carbocycles. The molecule has 0 aliphatic carbocycles. The minimum absolute atomic E-state index is 0.181. The van der Waals surface area contributed by atoms with Gasteiger partial charge in [-0.05, 0) is 61.4 Å². The fourth-order valence-corrected chi connectivity index (χ4v) is 2.11.